The van der Waals surface area contributed by atoms with E-state index in [1.807, 2.05) is 11.3 Å². The summed E-state index contributed by atoms with van der Waals surface area (Å²) in [5.74, 6) is 0.925. The molecule has 2 aromatic heterocycles. The molecule has 10 aromatic rings. The predicted molar refractivity (Wildman–Crippen MR) is 260 cm³/mol. The molecule has 294 valence electrons. The van der Waals surface area contributed by atoms with Crippen LogP contribution in [0.25, 0.3) is 54.9 Å². The van der Waals surface area contributed by atoms with E-state index in [0.29, 0.717) is 0 Å². The van der Waals surface area contributed by atoms with Crippen LogP contribution in [0.1, 0.15) is 40.0 Å². The number of imidazole rings is 1. The average Bonchev–Trinajstić information content (AvgIpc) is 4.04. The Balaban J connectivity index is 1.04. The van der Waals surface area contributed by atoms with Gasteiger partial charge in [0.15, 0.2) is 0 Å². The highest BCUT2D eigenvalue weighted by molar-refractivity contribution is 7.20. The summed E-state index contributed by atoms with van der Waals surface area (Å²) in [6.07, 6.45) is 6.58. The number of hydrogen-bond acceptors (Lipinski definition) is 3. The molecule has 0 bridgehead atoms. The van der Waals surface area contributed by atoms with Crippen molar-refractivity contribution in [2.75, 3.05) is 4.90 Å². The molecule has 0 aliphatic heterocycles. The molecule has 2 aliphatic carbocycles. The Morgan fingerprint density at radius 2 is 1.16 bits per heavy atom. The third-order valence-electron chi connectivity index (χ3n) is 12.8. The molecule has 0 radical (unpaired) electrons. The van der Waals surface area contributed by atoms with Crippen LogP contribution in [0, 0.1) is 0 Å². The first-order valence-corrected chi connectivity index (χ1v) is 22.2. The minimum Gasteiger partial charge on any atom is -0.314 e. The number of aromatic nitrogens is 2. The summed E-state index contributed by atoms with van der Waals surface area (Å²) in [5, 5.41) is 1.31. The van der Waals surface area contributed by atoms with Crippen molar-refractivity contribution in [3.05, 3.63) is 257 Å². The normalized spacial score (nSPS) is 14.0. The second-order valence-electron chi connectivity index (χ2n) is 16.2. The van der Waals surface area contributed by atoms with Crippen molar-refractivity contribution < 1.29 is 0 Å². The van der Waals surface area contributed by atoms with Gasteiger partial charge in [0.05, 0.1) is 16.4 Å². The minimum absolute atomic E-state index is 0.494. The molecule has 2 heterocycles. The van der Waals surface area contributed by atoms with Crippen LogP contribution in [0.15, 0.2) is 230 Å². The lowest BCUT2D eigenvalue weighted by molar-refractivity contribution is 0.768. The van der Waals surface area contributed by atoms with Crippen molar-refractivity contribution in [1.29, 1.82) is 0 Å². The first kappa shape index (κ1) is 36.3. The van der Waals surface area contributed by atoms with Gasteiger partial charge in [-0.05, 0) is 136 Å². The number of thiophene rings is 1. The summed E-state index contributed by atoms with van der Waals surface area (Å²) in [6, 6.07) is 77.4. The Bertz CT molecular complexity index is 3270. The summed E-state index contributed by atoms with van der Waals surface area (Å²) in [5.41, 5.74) is 16.3. The topological polar surface area (TPSA) is 21.1 Å². The molecule has 0 atom stereocenters. The summed E-state index contributed by atoms with van der Waals surface area (Å²) in [6.45, 7) is 0. The molecule has 0 spiro atoms. The molecule has 62 heavy (non-hydrogen) atoms. The molecule has 0 unspecified atom stereocenters. The molecule has 0 saturated carbocycles. The van der Waals surface area contributed by atoms with Gasteiger partial charge in [0, 0.05) is 37.9 Å². The number of nitrogens with zero attached hydrogens (tertiary/aromatic N) is 3. The highest BCUT2D eigenvalue weighted by Crippen LogP contribution is 2.57. The van der Waals surface area contributed by atoms with Crippen LogP contribution in [-0.2, 0) is 5.41 Å². The van der Waals surface area contributed by atoms with E-state index in [-0.39, 0.29) is 0 Å². The van der Waals surface area contributed by atoms with Gasteiger partial charge in [-0.2, -0.15) is 0 Å². The van der Waals surface area contributed by atoms with Crippen molar-refractivity contribution in [2.24, 2.45) is 0 Å². The summed E-state index contributed by atoms with van der Waals surface area (Å²) < 4.78 is 3.61. The average molecular weight is 812 g/mol. The lowest BCUT2D eigenvalue weighted by Crippen LogP contribution is -2.29. The quantitative estimate of drug-likeness (QED) is 0.152. The molecule has 0 saturated heterocycles. The highest BCUT2D eigenvalue weighted by Gasteiger charge is 2.46. The van der Waals surface area contributed by atoms with E-state index in [0.717, 1.165) is 52.3 Å². The van der Waals surface area contributed by atoms with Gasteiger partial charge in [0.2, 0.25) is 0 Å². The second-order valence-corrected chi connectivity index (χ2v) is 17.3. The molecular weight excluding hydrogens is 771 g/mol. The first-order valence-electron chi connectivity index (χ1n) is 21.4. The fraction of sp³-hybridized carbons (Fsp3) is 0.0517. The molecule has 2 aliphatic rings. The van der Waals surface area contributed by atoms with Gasteiger partial charge in [0.1, 0.15) is 5.82 Å². The van der Waals surface area contributed by atoms with E-state index in [1.54, 1.807) is 0 Å². The van der Waals surface area contributed by atoms with E-state index >= 15 is 0 Å². The van der Waals surface area contributed by atoms with Crippen LogP contribution in [0.4, 0.5) is 11.4 Å². The number of anilines is 2. The molecule has 3 nitrogen and oxygen atoms in total. The maximum atomic E-state index is 5.20. The Morgan fingerprint density at radius 1 is 0.516 bits per heavy atom. The molecule has 0 N–H and O–H groups in total. The van der Waals surface area contributed by atoms with Crippen LogP contribution in [-0.4, -0.2) is 9.55 Å². The van der Waals surface area contributed by atoms with E-state index in [2.05, 4.69) is 234 Å². The summed E-state index contributed by atoms with van der Waals surface area (Å²) in [7, 11) is 0. The molecule has 0 fully saturated rings. The van der Waals surface area contributed by atoms with E-state index in [9.17, 15) is 0 Å². The van der Waals surface area contributed by atoms with Crippen LogP contribution in [0.5, 0.6) is 0 Å². The lowest BCUT2D eigenvalue weighted by Gasteiger charge is -2.35. The van der Waals surface area contributed by atoms with Crippen LogP contribution < -0.4 is 4.90 Å². The molecule has 12 rings (SSSR count). The highest BCUT2D eigenvalue weighted by atomic mass is 32.1. The van der Waals surface area contributed by atoms with Gasteiger partial charge in [-0.3, -0.25) is 4.57 Å². The maximum Gasteiger partial charge on any atom is 0.145 e. The fourth-order valence-electron chi connectivity index (χ4n) is 10.0. The molecule has 0 amide bonds. The number of rotatable bonds is 8. The lowest BCUT2D eigenvalue weighted by atomic mass is 9.67. The standard InChI is InChI=1S/C58H41N3S/c1-4-17-43(18-5-1)58(44-19-6-2-7-20-44)51-24-12-11-23-49(51)50-37-36-48(39-52(50)58)60(46-32-28-40(29-33-46)56-38-42-16-10-15-27-55(42)62-56)47-34-30-41(31-35-47)57-59-53-25-13-14-26-54(53)61(57)45-21-8-3-9-22-45/h1-28,30-32,34-39H,29,33H2. The van der Waals surface area contributed by atoms with Crippen LogP contribution >= 0.6 is 11.3 Å². The monoisotopic (exact) mass is 811 g/mol. The SMILES string of the molecule is C1=C(c2cc3ccccc3s2)CCC(N(c2ccc(-c3nc4ccccc4n3-c3ccccc3)cc2)c2ccc3c(c2)C(c2ccccc2)(c2ccccc2)c2ccccc2-3)=C1. The van der Waals surface area contributed by atoms with Gasteiger partial charge >= 0.3 is 0 Å². The van der Waals surface area contributed by atoms with Gasteiger partial charge in [-0.1, -0.05) is 146 Å². The summed E-state index contributed by atoms with van der Waals surface area (Å²) >= 11 is 1.89. The van der Waals surface area contributed by atoms with Crippen molar-refractivity contribution in [2.45, 2.75) is 18.3 Å². The Kier molecular flexibility index (Phi) is 8.72. The molecular formula is C58H41N3S. The Labute approximate surface area is 365 Å². The smallest absolute Gasteiger partial charge is 0.145 e. The number of fused-ring (bicyclic) bond motifs is 5. The predicted octanol–water partition coefficient (Wildman–Crippen LogP) is 15.2. The Morgan fingerprint density at radius 3 is 1.90 bits per heavy atom. The molecule has 8 aromatic carbocycles. The third kappa shape index (κ3) is 5.83. The maximum absolute atomic E-state index is 5.20. The Hall–Kier alpha value is -7.53. The van der Waals surface area contributed by atoms with Gasteiger partial charge in [-0.15, -0.1) is 11.3 Å². The van der Waals surface area contributed by atoms with Crippen molar-refractivity contribution in [1.82, 2.24) is 9.55 Å². The fourth-order valence-corrected chi connectivity index (χ4v) is 11.1. The van der Waals surface area contributed by atoms with Crippen LogP contribution in [0.3, 0.4) is 0 Å². The zero-order chi connectivity index (χ0) is 41.0. The van der Waals surface area contributed by atoms with Gasteiger partial charge < -0.3 is 4.90 Å². The van der Waals surface area contributed by atoms with E-state index in [1.165, 1.54) is 59.6 Å². The number of hydrogen-bond donors (Lipinski definition) is 0. The molecule has 4 heteroatoms. The van der Waals surface area contributed by atoms with Crippen molar-refractivity contribution >= 4 is 49.4 Å². The van der Waals surface area contributed by atoms with Crippen molar-refractivity contribution in [3.63, 3.8) is 0 Å². The zero-order valence-electron chi connectivity index (χ0n) is 34.0. The van der Waals surface area contributed by atoms with Gasteiger partial charge in [0.25, 0.3) is 0 Å². The number of benzene rings is 8. The van der Waals surface area contributed by atoms with E-state index < -0.39 is 5.41 Å². The van der Waals surface area contributed by atoms with Gasteiger partial charge in [-0.25, -0.2) is 4.98 Å². The largest absolute Gasteiger partial charge is 0.314 e. The third-order valence-corrected chi connectivity index (χ3v) is 14.0. The van der Waals surface area contributed by atoms with Crippen LogP contribution in [0.2, 0.25) is 0 Å². The number of para-hydroxylation sites is 3. The minimum atomic E-state index is -0.494. The summed E-state index contributed by atoms with van der Waals surface area (Å²) in [4.78, 5) is 9.04. The van der Waals surface area contributed by atoms with E-state index in [4.69, 9.17) is 4.98 Å². The second kappa shape index (κ2) is 14.9. The first-order chi connectivity index (χ1) is 30.7. The number of allylic oxidation sites excluding steroid dienone is 4. The van der Waals surface area contributed by atoms with Crippen molar-refractivity contribution in [3.8, 4) is 28.2 Å². The zero-order valence-corrected chi connectivity index (χ0v) is 34.8.